The first-order valence-corrected chi connectivity index (χ1v) is 5.15. The summed E-state index contributed by atoms with van der Waals surface area (Å²) in [6, 6.07) is 3.91. The van der Waals surface area contributed by atoms with Gasteiger partial charge in [0.15, 0.2) is 0 Å². The molecule has 1 N–H and O–H groups in total. The van der Waals surface area contributed by atoms with Gasteiger partial charge in [-0.1, -0.05) is 6.07 Å². The molecule has 0 radical (unpaired) electrons. The van der Waals surface area contributed by atoms with Crippen LogP contribution in [0.4, 0.5) is 0 Å². The molecule has 4 heteroatoms. The van der Waals surface area contributed by atoms with Gasteiger partial charge in [0.2, 0.25) is 0 Å². The minimum absolute atomic E-state index is 0.659. The summed E-state index contributed by atoms with van der Waals surface area (Å²) in [4.78, 5) is 6.11. The monoisotopic (exact) mass is 205 g/mol. The van der Waals surface area contributed by atoms with E-state index in [1.807, 2.05) is 18.3 Å². The molecule has 0 saturated carbocycles. The standard InChI is InChI=1S/C11H15N3O/c12-11(14-4-6-15-7-5-14)8-10-2-1-3-13-9-10/h1-3,9,12H,4-8H2. The fourth-order valence-electron chi connectivity index (χ4n) is 1.64. The van der Waals surface area contributed by atoms with Gasteiger partial charge in [0, 0.05) is 31.9 Å². The minimum Gasteiger partial charge on any atom is -0.378 e. The zero-order valence-electron chi connectivity index (χ0n) is 8.65. The van der Waals surface area contributed by atoms with Gasteiger partial charge in [0.1, 0.15) is 5.84 Å². The summed E-state index contributed by atoms with van der Waals surface area (Å²) in [6.45, 7) is 3.13. The Bertz CT molecular complexity index is 320. The van der Waals surface area contributed by atoms with Crippen LogP contribution in [0, 0.1) is 5.41 Å². The molecule has 1 aliphatic heterocycles. The first kappa shape index (κ1) is 10.1. The van der Waals surface area contributed by atoms with Gasteiger partial charge in [0.25, 0.3) is 0 Å². The number of aromatic nitrogens is 1. The fraction of sp³-hybridized carbons (Fsp3) is 0.455. The number of ether oxygens (including phenoxy) is 1. The van der Waals surface area contributed by atoms with E-state index in [9.17, 15) is 0 Å². The van der Waals surface area contributed by atoms with Crippen molar-refractivity contribution >= 4 is 5.84 Å². The highest BCUT2D eigenvalue weighted by molar-refractivity contribution is 5.81. The summed E-state index contributed by atoms with van der Waals surface area (Å²) in [6.07, 6.45) is 4.23. The van der Waals surface area contributed by atoms with Crippen molar-refractivity contribution in [2.75, 3.05) is 26.3 Å². The van der Waals surface area contributed by atoms with Crippen molar-refractivity contribution in [2.45, 2.75) is 6.42 Å². The average Bonchev–Trinajstić information content (AvgIpc) is 2.31. The van der Waals surface area contributed by atoms with Crippen LogP contribution < -0.4 is 0 Å². The second kappa shape index (κ2) is 4.89. The molecule has 0 aromatic carbocycles. The summed E-state index contributed by atoms with van der Waals surface area (Å²) < 4.78 is 5.25. The third-order valence-electron chi connectivity index (χ3n) is 2.49. The summed E-state index contributed by atoms with van der Waals surface area (Å²) in [5, 5.41) is 7.96. The molecule has 80 valence electrons. The second-order valence-electron chi connectivity index (χ2n) is 3.58. The van der Waals surface area contributed by atoms with Gasteiger partial charge in [-0.05, 0) is 11.6 Å². The van der Waals surface area contributed by atoms with E-state index in [0.29, 0.717) is 12.3 Å². The summed E-state index contributed by atoms with van der Waals surface area (Å²) >= 11 is 0. The Balaban J connectivity index is 1.91. The lowest BCUT2D eigenvalue weighted by atomic mass is 10.2. The Labute approximate surface area is 89.4 Å². The van der Waals surface area contributed by atoms with Crippen molar-refractivity contribution in [1.82, 2.24) is 9.88 Å². The van der Waals surface area contributed by atoms with Crippen molar-refractivity contribution in [3.8, 4) is 0 Å². The summed E-state index contributed by atoms with van der Waals surface area (Å²) in [5.41, 5.74) is 1.09. The van der Waals surface area contributed by atoms with Crippen LogP contribution in [0.3, 0.4) is 0 Å². The minimum atomic E-state index is 0.659. The SMILES string of the molecule is N=C(Cc1cccnc1)N1CCOCC1. The predicted octanol–water partition coefficient (Wildman–Crippen LogP) is 0.934. The second-order valence-corrected chi connectivity index (χ2v) is 3.58. The van der Waals surface area contributed by atoms with Gasteiger partial charge in [-0.2, -0.15) is 0 Å². The number of amidine groups is 1. The number of hydrogen-bond donors (Lipinski definition) is 1. The molecule has 2 heterocycles. The van der Waals surface area contributed by atoms with Gasteiger partial charge in [-0.15, -0.1) is 0 Å². The zero-order valence-corrected chi connectivity index (χ0v) is 8.65. The molecule has 1 fully saturated rings. The van der Waals surface area contributed by atoms with Crippen LogP contribution in [0.25, 0.3) is 0 Å². The maximum Gasteiger partial charge on any atom is 0.100 e. The number of nitrogens with one attached hydrogen (secondary N) is 1. The van der Waals surface area contributed by atoms with Crippen LogP contribution in [0.1, 0.15) is 5.56 Å². The van der Waals surface area contributed by atoms with Crippen molar-refractivity contribution in [3.63, 3.8) is 0 Å². The van der Waals surface area contributed by atoms with Crippen LogP contribution in [0.15, 0.2) is 24.5 Å². The van der Waals surface area contributed by atoms with Crippen LogP contribution in [0.2, 0.25) is 0 Å². The third kappa shape index (κ3) is 2.76. The topological polar surface area (TPSA) is 49.2 Å². The lowest BCUT2D eigenvalue weighted by Crippen LogP contribution is -2.41. The Kier molecular flexibility index (Phi) is 3.29. The molecule has 15 heavy (non-hydrogen) atoms. The normalized spacial score (nSPS) is 16.4. The molecule has 2 rings (SSSR count). The molecule has 1 aromatic rings. The molecule has 1 saturated heterocycles. The summed E-state index contributed by atoms with van der Waals surface area (Å²) in [7, 11) is 0. The Morgan fingerprint density at radius 1 is 1.47 bits per heavy atom. The van der Waals surface area contributed by atoms with Gasteiger partial charge < -0.3 is 9.64 Å². The van der Waals surface area contributed by atoms with E-state index in [4.69, 9.17) is 10.1 Å². The van der Waals surface area contributed by atoms with E-state index in [0.717, 1.165) is 31.9 Å². The number of pyridine rings is 1. The van der Waals surface area contributed by atoms with E-state index in [2.05, 4.69) is 9.88 Å². The highest BCUT2D eigenvalue weighted by atomic mass is 16.5. The smallest absolute Gasteiger partial charge is 0.100 e. The van der Waals surface area contributed by atoms with Crippen molar-refractivity contribution in [3.05, 3.63) is 30.1 Å². The number of morpholine rings is 1. The number of rotatable bonds is 2. The highest BCUT2D eigenvalue weighted by Gasteiger charge is 2.13. The zero-order chi connectivity index (χ0) is 10.5. The average molecular weight is 205 g/mol. The van der Waals surface area contributed by atoms with Crippen molar-refractivity contribution in [2.24, 2.45) is 0 Å². The summed E-state index contributed by atoms with van der Waals surface area (Å²) in [5.74, 6) is 0.659. The van der Waals surface area contributed by atoms with Crippen LogP contribution in [-0.2, 0) is 11.2 Å². The molecule has 1 aromatic heterocycles. The largest absolute Gasteiger partial charge is 0.378 e. The van der Waals surface area contributed by atoms with Gasteiger partial charge in [-0.3, -0.25) is 10.4 Å². The molecule has 0 unspecified atom stereocenters. The van der Waals surface area contributed by atoms with Crippen LogP contribution >= 0.6 is 0 Å². The van der Waals surface area contributed by atoms with Crippen LogP contribution in [-0.4, -0.2) is 42.0 Å². The van der Waals surface area contributed by atoms with E-state index >= 15 is 0 Å². The Morgan fingerprint density at radius 3 is 2.93 bits per heavy atom. The van der Waals surface area contributed by atoms with E-state index in [1.165, 1.54) is 0 Å². The van der Waals surface area contributed by atoms with E-state index < -0.39 is 0 Å². The maximum atomic E-state index is 7.96. The molecule has 1 aliphatic rings. The predicted molar refractivity (Wildman–Crippen MR) is 58.1 cm³/mol. The number of nitrogens with zero attached hydrogens (tertiary/aromatic N) is 2. The van der Waals surface area contributed by atoms with Gasteiger partial charge >= 0.3 is 0 Å². The van der Waals surface area contributed by atoms with Crippen molar-refractivity contribution < 1.29 is 4.74 Å². The fourth-order valence-corrected chi connectivity index (χ4v) is 1.64. The Hall–Kier alpha value is -1.42. The third-order valence-corrected chi connectivity index (χ3v) is 2.49. The van der Waals surface area contributed by atoms with E-state index in [1.54, 1.807) is 6.20 Å². The van der Waals surface area contributed by atoms with E-state index in [-0.39, 0.29) is 0 Å². The maximum absolute atomic E-state index is 7.96. The first-order chi connectivity index (χ1) is 7.36. The first-order valence-electron chi connectivity index (χ1n) is 5.15. The molecule has 0 spiro atoms. The molecule has 0 amide bonds. The van der Waals surface area contributed by atoms with Gasteiger partial charge in [0.05, 0.1) is 13.2 Å². The quantitative estimate of drug-likeness (QED) is 0.577. The molecule has 0 bridgehead atoms. The molecule has 0 atom stereocenters. The highest BCUT2D eigenvalue weighted by Crippen LogP contribution is 2.04. The number of hydrogen-bond acceptors (Lipinski definition) is 3. The lowest BCUT2D eigenvalue weighted by Gasteiger charge is -2.29. The molecular weight excluding hydrogens is 190 g/mol. The molecule has 4 nitrogen and oxygen atoms in total. The molecule has 0 aliphatic carbocycles. The van der Waals surface area contributed by atoms with Gasteiger partial charge in [-0.25, -0.2) is 0 Å². The lowest BCUT2D eigenvalue weighted by molar-refractivity contribution is 0.0670. The van der Waals surface area contributed by atoms with Crippen molar-refractivity contribution in [1.29, 1.82) is 5.41 Å². The van der Waals surface area contributed by atoms with Crippen LogP contribution in [0.5, 0.6) is 0 Å². The Morgan fingerprint density at radius 2 is 2.27 bits per heavy atom. The molecular formula is C11H15N3O.